The van der Waals surface area contributed by atoms with Crippen molar-refractivity contribution in [1.82, 2.24) is 10.2 Å². The number of benzene rings is 1. The average molecular weight is 375 g/mol. The van der Waals surface area contributed by atoms with Crippen LogP contribution in [0, 0.1) is 23.2 Å². The Kier molecular flexibility index (Phi) is 6.00. The van der Waals surface area contributed by atoms with Gasteiger partial charge < -0.3 is 15.1 Å². The second-order valence-corrected chi connectivity index (χ2v) is 7.36. The smallest absolute Gasteiger partial charge is 0.242 e. The first-order valence-corrected chi connectivity index (χ1v) is 9.40. The number of carbonyl (C=O) groups excluding carboxylic acids is 2. The summed E-state index contributed by atoms with van der Waals surface area (Å²) < 4.78 is 0. The highest BCUT2D eigenvalue weighted by Crippen LogP contribution is 2.35. The van der Waals surface area contributed by atoms with Crippen molar-refractivity contribution in [2.75, 3.05) is 37.6 Å². The van der Waals surface area contributed by atoms with Crippen molar-refractivity contribution in [3.63, 3.8) is 0 Å². The molecule has 26 heavy (non-hydrogen) atoms. The minimum Gasteiger partial charge on any atom is -0.368 e. The Morgan fingerprint density at radius 1 is 1.19 bits per heavy atom. The van der Waals surface area contributed by atoms with Crippen molar-refractivity contribution in [3.8, 4) is 6.07 Å². The Morgan fingerprint density at radius 3 is 2.42 bits per heavy atom. The molecular weight excluding hydrogens is 352 g/mol. The summed E-state index contributed by atoms with van der Waals surface area (Å²) in [5.41, 5.74) is 1.09. The fourth-order valence-electron chi connectivity index (χ4n) is 3.17. The van der Waals surface area contributed by atoms with Crippen LogP contribution in [0.2, 0.25) is 5.02 Å². The second kappa shape index (κ2) is 8.41. The van der Waals surface area contributed by atoms with Gasteiger partial charge in [0.2, 0.25) is 11.8 Å². The van der Waals surface area contributed by atoms with Crippen LogP contribution in [0.15, 0.2) is 24.3 Å². The molecule has 1 saturated heterocycles. The highest BCUT2D eigenvalue weighted by atomic mass is 35.5. The van der Waals surface area contributed by atoms with Crippen LogP contribution in [-0.2, 0) is 9.59 Å². The lowest BCUT2D eigenvalue weighted by atomic mass is 10.0. The summed E-state index contributed by atoms with van der Waals surface area (Å²) in [6, 6.07) is 9.72. The van der Waals surface area contributed by atoms with Crippen LogP contribution in [-0.4, -0.2) is 49.4 Å². The number of nitrogens with zero attached hydrogens (tertiary/aromatic N) is 3. The number of hydrogen-bond acceptors (Lipinski definition) is 4. The maximum Gasteiger partial charge on any atom is 0.242 e. The van der Waals surface area contributed by atoms with Crippen LogP contribution in [0.4, 0.5) is 5.69 Å². The van der Waals surface area contributed by atoms with Gasteiger partial charge >= 0.3 is 0 Å². The van der Waals surface area contributed by atoms with Crippen LogP contribution >= 0.6 is 11.6 Å². The number of nitriles is 1. The molecule has 138 valence electrons. The molecule has 1 aliphatic carbocycles. The number of carbonyl (C=O) groups is 2. The standard InChI is InChI=1S/C19H23ClN4O2/c20-16-3-5-17(6-4-16)23-7-9-24(10-8-23)18(25)13-22-19(26)15(12-21)11-14-1-2-14/h3-6,14-15H,1-2,7-11,13H2,(H,22,26). The van der Waals surface area contributed by atoms with Crippen LogP contribution < -0.4 is 10.2 Å². The van der Waals surface area contributed by atoms with Gasteiger partial charge in [0.15, 0.2) is 0 Å². The van der Waals surface area contributed by atoms with E-state index < -0.39 is 5.92 Å². The fraction of sp³-hybridized carbons (Fsp3) is 0.526. The molecule has 2 amide bonds. The number of halogens is 1. The zero-order valence-electron chi connectivity index (χ0n) is 14.7. The minimum absolute atomic E-state index is 0.0391. The molecule has 7 heteroatoms. The van der Waals surface area contributed by atoms with E-state index in [9.17, 15) is 9.59 Å². The van der Waals surface area contributed by atoms with Crippen molar-refractivity contribution < 1.29 is 9.59 Å². The number of hydrogen-bond donors (Lipinski definition) is 1. The van der Waals surface area contributed by atoms with Gasteiger partial charge in [-0.2, -0.15) is 5.26 Å². The monoisotopic (exact) mass is 374 g/mol. The number of anilines is 1. The molecular formula is C19H23ClN4O2. The lowest BCUT2D eigenvalue weighted by Gasteiger charge is -2.36. The molecule has 1 aliphatic heterocycles. The zero-order valence-corrected chi connectivity index (χ0v) is 15.4. The lowest BCUT2D eigenvalue weighted by Crippen LogP contribution is -2.51. The van der Waals surface area contributed by atoms with Crippen LogP contribution in [0.25, 0.3) is 0 Å². The van der Waals surface area contributed by atoms with Crippen LogP contribution in [0.1, 0.15) is 19.3 Å². The predicted molar refractivity (Wildman–Crippen MR) is 99.7 cm³/mol. The Labute approximate surface area is 158 Å². The quantitative estimate of drug-likeness (QED) is 0.826. The molecule has 3 rings (SSSR count). The molecule has 6 nitrogen and oxygen atoms in total. The van der Waals surface area contributed by atoms with Crippen molar-refractivity contribution in [3.05, 3.63) is 29.3 Å². The molecule has 2 fully saturated rings. The minimum atomic E-state index is -0.642. The van der Waals surface area contributed by atoms with Crippen molar-refractivity contribution in [2.45, 2.75) is 19.3 Å². The summed E-state index contributed by atoms with van der Waals surface area (Å²) in [5, 5.41) is 12.5. The average Bonchev–Trinajstić information content (AvgIpc) is 3.49. The van der Waals surface area contributed by atoms with Crippen LogP contribution in [0.3, 0.4) is 0 Å². The van der Waals surface area contributed by atoms with Gasteiger partial charge in [0, 0.05) is 36.9 Å². The first-order valence-electron chi connectivity index (χ1n) is 9.02. The van der Waals surface area contributed by atoms with E-state index in [-0.39, 0.29) is 18.4 Å². The Morgan fingerprint density at radius 2 is 1.85 bits per heavy atom. The summed E-state index contributed by atoms with van der Waals surface area (Å²) in [4.78, 5) is 28.4. The van der Waals surface area contributed by atoms with Gasteiger partial charge in [-0.05, 0) is 36.6 Å². The van der Waals surface area contributed by atoms with Crippen molar-refractivity contribution >= 4 is 29.1 Å². The van der Waals surface area contributed by atoms with Gasteiger partial charge in [-0.25, -0.2) is 0 Å². The molecule has 1 N–H and O–H groups in total. The number of nitrogens with one attached hydrogen (secondary N) is 1. The largest absolute Gasteiger partial charge is 0.368 e. The van der Waals surface area contributed by atoms with E-state index >= 15 is 0 Å². The van der Waals surface area contributed by atoms with E-state index in [4.69, 9.17) is 16.9 Å². The third kappa shape index (κ3) is 4.89. The first kappa shape index (κ1) is 18.5. The maximum absolute atomic E-state index is 12.3. The molecule has 1 heterocycles. The van der Waals surface area contributed by atoms with Gasteiger partial charge in [0.05, 0.1) is 12.6 Å². The number of amides is 2. The normalized spacial score (nSPS) is 18.2. The molecule has 1 saturated carbocycles. The Balaban J connectivity index is 1.42. The lowest BCUT2D eigenvalue weighted by molar-refractivity contribution is -0.133. The Bertz CT molecular complexity index is 688. The molecule has 0 bridgehead atoms. The van der Waals surface area contributed by atoms with Crippen LogP contribution in [0.5, 0.6) is 0 Å². The topological polar surface area (TPSA) is 76.4 Å². The SMILES string of the molecule is N#CC(CC1CC1)C(=O)NCC(=O)N1CCN(c2ccc(Cl)cc2)CC1. The summed E-state index contributed by atoms with van der Waals surface area (Å²) in [6.07, 6.45) is 2.81. The van der Waals surface area contributed by atoms with E-state index in [1.165, 1.54) is 0 Å². The van der Waals surface area contributed by atoms with Gasteiger partial charge in [-0.1, -0.05) is 24.4 Å². The van der Waals surface area contributed by atoms with Gasteiger partial charge in [-0.3, -0.25) is 9.59 Å². The molecule has 2 aliphatic rings. The van der Waals surface area contributed by atoms with Gasteiger partial charge in [-0.15, -0.1) is 0 Å². The zero-order chi connectivity index (χ0) is 18.5. The van der Waals surface area contributed by atoms with Gasteiger partial charge in [0.1, 0.15) is 5.92 Å². The number of piperazine rings is 1. The molecule has 0 aromatic heterocycles. The highest BCUT2D eigenvalue weighted by molar-refractivity contribution is 6.30. The van der Waals surface area contributed by atoms with E-state index in [1.54, 1.807) is 4.90 Å². The predicted octanol–water partition coefficient (Wildman–Crippen LogP) is 2.04. The first-order chi connectivity index (χ1) is 12.6. The van der Waals surface area contributed by atoms with Crippen molar-refractivity contribution in [2.24, 2.45) is 11.8 Å². The maximum atomic E-state index is 12.3. The molecule has 0 spiro atoms. The van der Waals surface area contributed by atoms with Crippen molar-refractivity contribution in [1.29, 1.82) is 5.26 Å². The summed E-state index contributed by atoms with van der Waals surface area (Å²) in [7, 11) is 0. The molecule has 0 radical (unpaired) electrons. The van der Waals surface area contributed by atoms with E-state index in [0.717, 1.165) is 31.6 Å². The van der Waals surface area contributed by atoms with E-state index in [0.29, 0.717) is 30.5 Å². The van der Waals surface area contributed by atoms with E-state index in [1.807, 2.05) is 24.3 Å². The van der Waals surface area contributed by atoms with Gasteiger partial charge in [0.25, 0.3) is 0 Å². The summed E-state index contributed by atoms with van der Waals surface area (Å²) >= 11 is 5.91. The highest BCUT2D eigenvalue weighted by Gasteiger charge is 2.30. The second-order valence-electron chi connectivity index (χ2n) is 6.92. The summed E-state index contributed by atoms with van der Waals surface area (Å²) in [6.45, 7) is 2.67. The third-order valence-corrected chi connectivity index (χ3v) is 5.23. The third-order valence-electron chi connectivity index (χ3n) is 4.98. The number of rotatable bonds is 6. The van der Waals surface area contributed by atoms with E-state index in [2.05, 4.69) is 16.3 Å². The summed E-state index contributed by atoms with van der Waals surface area (Å²) in [5.74, 6) is -0.566. The molecule has 1 atom stereocenters. The molecule has 1 aromatic carbocycles. The molecule has 1 unspecified atom stereocenters. The fourth-order valence-corrected chi connectivity index (χ4v) is 3.29. The molecule has 1 aromatic rings. The Hall–Kier alpha value is -2.26.